The molecule has 46 heavy (non-hydrogen) atoms. The van der Waals surface area contributed by atoms with E-state index in [0.717, 1.165) is 66.7 Å². The molecule has 0 fully saturated rings. The molecule has 0 aliphatic carbocycles. The Hall–Kier alpha value is -6.30. The predicted molar refractivity (Wildman–Crippen MR) is 187 cm³/mol. The standard InChI is InChI=1S/C41H27N5/c1-25(2)44-36-19-14-27(24-43)20-37(36)46-39-34(21-29(22-38(39)44)28-15-12-26(23-42)13-16-28)33-18-17-32-31-10-6-7-11-35(31)45(40(32)41(33)46)30-8-4-3-5-9-30/h3-22,25H,1-2H3. The van der Waals surface area contributed by atoms with Crippen molar-refractivity contribution in [2.75, 3.05) is 4.90 Å². The Bertz CT molecular complexity index is 2620. The van der Waals surface area contributed by atoms with Crippen molar-refractivity contribution in [1.82, 2.24) is 9.13 Å². The van der Waals surface area contributed by atoms with Gasteiger partial charge >= 0.3 is 0 Å². The third-order valence-electron chi connectivity index (χ3n) is 9.38. The van der Waals surface area contributed by atoms with Gasteiger partial charge in [0.2, 0.25) is 0 Å². The van der Waals surface area contributed by atoms with Crippen LogP contribution in [0.4, 0.5) is 11.4 Å². The number of para-hydroxylation sites is 2. The number of rotatable bonds is 3. The summed E-state index contributed by atoms with van der Waals surface area (Å²) in [5, 5.41) is 24.2. The number of hydrogen-bond donors (Lipinski definition) is 0. The molecular weight excluding hydrogens is 562 g/mol. The lowest BCUT2D eigenvalue weighted by Crippen LogP contribution is -2.29. The van der Waals surface area contributed by atoms with Crippen LogP contribution in [0.15, 0.2) is 121 Å². The molecule has 2 aromatic heterocycles. The van der Waals surface area contributed by atoms with Gasteiger partial charge in [-0.1, -0.05) is 60.7 Å². The zero-order valence-electron chi connectivity index (χ0n) is 25.4. The zero-order chi connectivity index (χ0) is 31.1. The van der Waals surface area contributed by atoms with Crippen molar-refractivity contribution in [3.63, 3.8) is 0 Å². The summed E-state index contributed by atoms with van der Waals surface area (Å²) in [6, 6.07) is 47.0. The highest BCUT2D eigenvalue weighted by Gasteiger charge is 2.32. The minimum Gasteiger partial charge on any atom is -0.335 e. The predicted octanol–water partition coefficient (Wildman–Crippen LogP) is 10.2. The maximum absolute atomic E-state index is 10.0. The largest absolute Gasteiger partial charge is 0.335 e. The maximum atomic E-state index is 10.0. The third-order valence-corrected chi connectivity index (χ3v) is 9.38. The van der Waals surface area contributed by atoms with Gasteiger partial charge in [0, 0.05) is 33.3 Å². The molecule has 1 aliphatic rings. The van der Waals surface area contributed by atoms with Gasteiger partial charge in [-0.2, -0.15) is 10.5 Å². The molecule has 0 saturated carbocycles. The van der Waals surface area contributed by atoms with E-state index in [1.807, 2.05) is 36.4 Å². The average molecular weight is 590 g/mol. The first kappa shape index (κ1) is 26.1. The second-order valence-electron chi connectivity index (χ2n) is 12.2. The minimum atomic E-state index is 0.161. The number of benzene rings is 6. The van der Waals surface area contributed by atoms with Crippen LogP contribution in [-0.2, 0) is 0 Å². The summed E-state index contributed by atoms with van der Waals surface area (Å²) >= 11 is 0. The van der Waals surface area contributed by atoms with Crippen LogP contribution in [0.5, 0.6) is 0 Å². The van der Waals surface area contributed by atoms with E-state index >= 15 is 0 Å². The van der Waals surface area contributed by atoms with Gasteiger partial charge in [-0.05, 0) is 85.6 Å². The van der Waals surface area contributed by atoms with E-state index < -0.39 is 0 Å². The molecule has 0 bridgehead atoms. The highest BCUT2D eigenvalue weighted by molar-refractivity contribution is 6.26. The third kappa shape index (κ3) is 3.49. The fourth-order valence-electron chi connectivity index (χ4n) is 7.49. The lowest BCUT2D eigenvalue weighted by molar-refractivity contribution is 0.781. The number of anilines is 2. The fraction of sp³-hybridized carbons (Fsp3) is 0.0732. The molecule has 3 heterocycles. The van der Waals surface area contributed by atoms with E-state index in [1.165, 1.54) is 10.8 Å². The minimum absolute atomic E-state index is 0.161. The molecule has 8 aromatic rings. The molecule has 0 radical (unpaired) electrons. The molecule has 0 unspecified atom stereocenters. The molecule has 1 aliphatic heterocycles. The summed E-state index contributed by atoms with van der Waals surface area (Å²) in [5.41, 5.74) is 12.3. The first-order chi connectivity index (χ1) is 22.6. The second kappa shape index (κ2) is 9.60. The Kier molecular flexibility index (Phi) is 5.45. The van der Waals surface area contributed by atoms with Gasteiger partial charge in [-0.25, -0.2) is 0 Å². The van der Waals surface area contributed by atoms with Crippen LogP contribution in [0, 0.1) is 22.7 Å². The molecule has 0 spiro atoms. The van der Waals surface area contributed by atoms with Gasteiger partial charge < -0.3 is 14.0 Å². The Labute approximate surface area is 266 Å². The molecular formula is C41H27N5. The van der Waals surface area contributed by atoms with Gasteiger partial charge in [-0.3, -0.25) is 0 Å². The summed E-state index contributed by atoms with van der Waals surface area (Å²) in [6.45, 7) is 4.43. The SMILES string of the molecule is CC(C)N1c2ccc(C#N)cc2-n2c3c1cc(-c1ccc(C#N)cc1)cc3c1ccc3c4ccccc4n(-c4ccccc4)c3c12. The zero-order valence-corrected chi connectivity index (χ0v) is 25.4. The van der Waals surface area contributed by atoms with E-state index in [2.05, 4.69) is 125 Å². The molecule has 0 N–H and O–H groups in total. The van der Waals surface area contributed by atoms with E-state index in [4.69, 9.17) is 0 Å². The van der Waals surface area contributed by atoms with Crippen molar-refractivity contribution in [1.29, 1.82) is 10.5 Å². The van der Waals surface area contributed by atoms with Crippen LogP contribution >= 0.6 is 0 Å². The Balaban J connectivity index is 1.53. The van der Waals surface area contributed by atoms with Crippen molar-refractivity contribution >= 4 is 55.0 Å². The number of nitriles is 2. The van der Waals surface area contributed by atoms with Crippen molar-refractivity contribution in [2.45, 2.75) is 19.9 Å². The number of fused-ring (bicyclic) bond motifs is 9. The first-order valence-corrected chi connectivity index (χ1v) is 15.5. The smallest absolute Gasteiger partial charge is 0.0992 e. The summed E-state index contributed by atoms with van der Waals surface area (Å²) in [5.74, 6) is 0. The fourth-order valence-corrected chi connectivity index (χ4v) is 7.49. The van der Waals surface area contributed by atoms with Crippen molar-refractivity contribution in [2.24, 2.45) is 0 Å². The maximum Gasteiger partial charge on any atom is 0.0992 e. The summed E-state index contributed by atoms with van der Waals surface area (Å²) in [4.78, 5) is 2.40. The normalized spacial score (nSPS) is 12.2. The number of nitrogens with zero attached hydrogens (tertiary/aromatic N) is 5. The van der Waals surface area contributed by atoms with E-state index in [9.17, 15) is 10.5 Å². The molecule has 5 nitrogen and oxygen atoms in total. The lowest BCUT2D eigenvalue weighted by Gasteiger charge is -2.36. The van der Waals surface area contributed by atoms with Gasteiger partial charge in [0.1, 0.15) is 0 Å². The topological polar surface area (TPSA) is 60.7 Å². The van der Waals surface area contributed by atoms with E-state index in [-0.39, 0.29) is 6.04 Å². The van der Waals surface area contributed by atoms with Crippen LogP contribution in [0.3, 0.4) is 0 Å². The molecule has 0 atom stereocenters. The molecule has 0 amide bonds. The lowest BCUT2D eigenvalue weighted by atomic mass is 9.98. The molecule has 0 saturated heterocycles. The summed E-state index contributed by atoms with van der Waals surface area (Å²) in [6.07, 6.45) is 0. The van der Waals surface area contributed by atoms with E-state index in [1.54, 1.807) is 0 Å². The Morgan fingerprint density at radius 3 is 1.91 bits per heavy atom. The monoisotopic (exact) mass is 589 g/mol. The Morgan fingerprint density at radius 2 is 1.17 bits per heavy atom. The molecule has 5 heteroatoms. The van der Waals surface area contributed by atoms with Gasteiger partial charge in [0.25, 0.3) is 0 Å². The number of aromatic nitrogens is 2. The first-order valence-electron chi connectivity index (χ1n) is 15.5. The van der Waals surface area contributed by atoms with Crippen LogP contribution in [0.1, 0.15) is 25.0 Å². The second-order valence-corrected chi connectivity index (χ2v) is 12.2. The van der Waals surface area contributed by atoms with Gasteiger partial charge in [0.05, 0.1) is 62.4 Å². The van der Waals surface area contributed by atoms with Crippen LogP contribution in [0.2, 0.25) is 0 Å². The van der Waals surface area contributed by atoms with Gasteiger partial charge in [-0.15, -0.1) is 0 Å². The van der Waals surface area contributed by atoms with E-state index in [0.29, 0.717) is 11.1 Å². The van der Waals surface area contributed by atoms with Crippen LogP contribution < -0.4 is 4.90 Å². The van der Waals surface area contributed by atoms with Crippen molar-refractivity contribution < 1.29 is 0 Å². The quantitative estimate of drug-likeness (QED) is 0.206. The summed E-state index contributed by atoms with van der Waals surface area (Å²) < 4.78 is 4.79. The molecule has 216 valence electrons. The Morgan fingerprint density at radius 1 is 0.500 bits per heavy atom. The van der Waals surface area contributed by atoms with Gasteiger partial charge in [0.15, 0.2) is 0 Å². The summed E-state index contributed by atoms with van der Waals surface area (Å²) in [7, 11) is 0. The van der Waals surface area contributed by atoms with Crippen molar-refractivity contribution in [3.05, 3.63) is 132 Å². The van der Waals surface area contributed by atoms with Crippen molar-refractivity contribution in [3.8, 4) is 34.6 Å². The highest BCUT2D eigenvalue weighted by atomic mass is 15.2. The highest BCUT2D eigenvalue weighted by Crippen LogP contribution is 2.51. The average Bonchev–Trinajstić information content (AvgIpc) is 3.62. The molecule has 9 rings (SSSR count). The van der Waals surface area contributed by atoms with Crippen LogP contribution in [0.25, 0.3) is 66.1 Å². The number of hydrogen-bond acceptors (Lipinski definition) is 3. The molecule has 6 aromatic carbocycles. The van der Waals surface area contributed by atoms with Crippen LogP contribution in [-0.4, -0.2) is 15.2 Å².